The van der Waals surface area contributed by atoms with E-state index in [1.807, 2.05) is 0 Å². The van der Waals surface area contributed by atoms with Gasteiger partial charge in [-0.1, -0.05) is 15.9 Å². The van der Waals surface area contributed by atoms with E-state index < -0.39 is 11.9 Å². The lowest BCUT2D eigenvalue weighted by Gasteiger charge is -2.09. The molecule has 0 fully saturated rings. The molecule has 1 aromatic carbocycles. The Morgan fingerprint density at radius 3 is 2.83 bits per heavy atom. The van der Waals surface area contributed by atoms with Gasteiger partial charge >= 0.3 is 0 Å². The Labute approximate surface area is 111 Å². The maximum Gasteiger partial charge on any atom is 0.219 e. The lowest BCUT2D eigenvalue weighted by molar-refractivity contribution is -0.118. The molecule has 0 aliphatic rings. The van der Waals surface area contributed by atoms with Gasteiger partial charge < -0.3 is 15.9 Å². The van der Waals surface area contributed by atoms with Crippen molar-refractivity contribution in [1.82, 2.24) is 0 Å². The quantitative estimate of drug-likeness (QED) is 0.895. The summed E-state index contributed by atoms with van der Waals surface area (Å²) in [6, 6.07) is 4.36. The predicted molar refractivity (Wildman–Crippen MR) is 70.9 cm³/mol. The average Bonchev–Trinajstić information content (AvgIpc) is 2.29. The maximum absolute atomic E-state index is 12.2. The van der Waals surface area contributed by atoms with Gasteiger partial charge in [-0.3, -0.25) is 9.59 Å². The molecule has 5 nitrogen and oxygen atoms in total. The van der Waals surface area contributed by atoms with Gasteiger partial charge in [0.2, 0.25) is 5.91 Å². The van der Waals surface area contributed by atoms with Gasteiger partial charge in [0.15, 0.2) is 5.43 Å². The normalized spacial score (nSPS) is 12.6. The first-order valence-corrected chi connectivity index (χ1v) is 6.03. The van der Waals surface area contributed by atoms with E-state index in [9.17, 15) is 9.59 Å². The van der Waals surface area contributed by atoms with E-state index in [1.54, 1.807) is 18.2 Å². The van der Waals surface area contributed by atoms with Crippen LogP contribution in [0.4, 0.5) is 0 Å². The Morgan fingerprint density at radius 1 is 1.44 bits per heavy atom. The molecule has 0 radical (unpaired) electrons. The first kappa shape index (κ1) is 12.8. The van der Waals surface area contributed by atoms with Gasteiger partial charge in [-0.2, -0.15) is 0 Å². The van der Waals surface area contributed by atoms with Crippen LogP contribution >= 0.6 is 15.9 Å². The number of benzene rings is 1. The van der Waals surface area contributed by atoms with Gasteiger partial charge in [-0.05, 0) is 18.2 Å². The van der Waals surface area contributed by atoms with Gasteiger partial charge in [-0.15, -0.1) is 0 Å². The second kappa shape index (κ2) is 4.91. The molecular weight excluding hydrogens is 300 g/mol. The molecule has 0 saturated carbocycles. The van der Waals surface area contributed by atoms with E-state index in [4.69, 9.17) is 15.9 Å². The smallest absolute Gasteiger partial charge is 0.219 e. The van der Waals surface area contributed by atoms with Crippen LogP contribution in [0.2, 0.25) is 0 Å². The predicted octanol–water partition coefficient (Wildman–Crippen LogP) is 1.43. The van der Waals surface area contributed by atoms with E-state index in [0.29, 0.717) is 11.0 Å². The highest BCUT2D eigenvalue weighted by Crippen LogP contribution is 2.19. The molecule has 0 spiro atoms. The summed E-state index contributed by atoms with van der Waals surface area (Å²) in [6.45, 7) is 0. The third-order valence-corrected chi connectivity index (χ3v) is 3.08. The number of hydrogen-bond donors (Lipinski definition) is 2. The molecule has 2 aromatic rings. The van der Waals surface area contributed by atoms with Crippen LogP contribution in [0.1, 0.15) is 18.0 Å². The molecule has 2 rings (SSSR count). The Kier molecular flexibility index (Phi) is 3.49. The summed E-state index contributed by atoms with van der Waals surface area (Å²) in [7, 11) is 0. The summed E-state index contributed by atoms with van der Waals surface area (Å²) in [5.74, 6) is -0.559. The number of primary amides is 1. The number of fused-ring (bicyclic) bond motifs is 1. The number of carbonyl (C=O) groups is 1. The molecule has 1 aromatic heterocycles. The SMILES string of the molecule is NC(=O)CC(N)c1coc2ccc(Br)cc2c1=O. The number of rotatable bonds is 3. The Morgan fingerprint density at radius 2 is 2.17 bits per heavy atom. The number of carbonyl (C=O) groups excluding carboxylic acids is 1. The largest absolute Gasteiger partial charge is 0.464 e. The highest BCUT2D eigenvalue weighted by Gasteiger charge is 2.16. The molecule has 0 saturated heterocycles. The first-order chi connectivity index (χ1) is 8.49. The van der Waals surface area contributed by atoms with Crippen molar-refractivity contribution in [3.05, 3.63) is 44.7 Å². The minimum atomic E-state index is -0.748. The molecular formula is C12H11BrN2O3. The third-order valence-electron chi connectivity index (χ3n) is 2.58. The molecule has 1 heterocycles. The maximum atomic E-state index is 12.2. The topological polar surface area (TPSA) is 99.3 Å². The molecule has 1 amide bonds. The fraction of sp³-hybridized carbons (Fsp3) is 0.167. The summed E-state index contributed by atoms with van der Waals surface area (Å²) >= 11 is 3.28. The van der Waals surface area contributed by atoms with Crippen LogP contribution in [0, 0.1) is 0 Å². The highest BCUT2D eigenvalue weighted by atomic mass is 79.9. The molecule has 6 heteroatoms. The second-order valence-electron chi connectivity index (χ2n) is 3.94. The van der Waals surface area contributed by atoms with Gasteiger partial charge in [0.1, 0.15) is 5.58 Å². The standard InChI is InChI=1S/C12H11BrN2O3/c13-6-1-2-10-7(3-6)12(17)8(5-18-10)9(14)4-11(15)16/h1-3,5,9H,4,14H2,(H2,15,16). The zero-order chi connectivity index (χ0) is 13.3. The number of halogens is 1. The van der Waals surface area contributed by atoms with Crippen molar-refractivity contribution < 1.29 is 9.21 Å². The van der Waals surface area contributed by atoms with E-state index in [1.165, 1.54) is 6.26 Å². The fourth-order valence-corrected chi connectivity index (χ4v) is 2.06. The van der Waals surface area contributed by atoms with Crippen LogP contribution < -0.4 is 16.9 Å². The van der Waals surface area contributed by atoms with Crippen LogP contribution in [0.25, 0.3) is 11.0 Å². The fourth-order valence-electron chi connectivity index (χ4n) is 1.70. The van der Waals surface area contributed by atoms with Crippen molar-refractivity contribution in [1.29, 1.82) is 0 Å². The minimum Gasteiger partial charge on any atom is -0.464 e. The third kappa shape index (κ3) is 2.44. The molecule has 94 valence electrons. The molecule has 0 aliphatic heterocycles. The lowest BCUT2D eigenvalue weighted by Crippen LogP contribution is -2.25. The van der Waals surface area contributed by atoms with Gasteiger partial charge in [0.05, 0.1) is 17.2 Å². The molecule has 0 aliphatic carbocycles. The Balaban J connectivity index is 2.57. The number of nitrogens with two attached hydrogens (primary N) is 2. The monoisotopic (exact) mass is 310 g/mol. The average molecular weight is 311 g/mol. The minimum absolute atomic E-state index is 0.0930. The van der Waals surface area contributed by atoms with Crippen molar-refractivity contribution in [2.45, 2.75) is 12.5 Å². The lowest BCUT2D eigenvalue weighted by atomic mass is 10.0. The zero-order valence-corrected chi connectivity index (χ0v) is 10.9. The van der Waals surface area contributed by atoms with E-state index in [-0.39, 0.29) is 17.4 Å². The summed E-state index contributed by atoms with van der Waals surface area (Å²) in [5, 5.41) is 0.418. The summed E-state index contributed by atoms with van der Waals surface area (Å²) in [5.41, 5.74) is 11.3. The van der Waals surface area contributed by atoms with E-state index in [2.05, 4.69) is 15.9 Å². The second-order valence-corrected chi connectivity index (χ2v) is 4.85. The van der Waals surface area contributed by atoms with Crippen LogP contribution in [0.15, 0.2) is 38.1 Å². The number of hydrogen-bond acceptors (Lipinski definition) is 4. The summed E-state index contributed by atoms with van der Waals surface area (Å²) in [4.78, 5) is 23.0. The van der Waals surface area contributed by atoms with Gasteiger partial charge in [0, 0.05) is 16.9 Å². The number of amides is 1. The van der Waals surface area contributed by atoms with Crippen molar-refractivity contribution >= 4 is 32.8 Å². The van der Waals surface area contributed by atoms with Gasteiger partial charge in [-0.25, -0.2) is 0 Å². The Bertz CT molecular complexity index is 666. The molecule has 4 N–H and O–H groups in total. The Hall–Kier alpha value is -1.66. The molecule has 18 heavy (non-hydrogen) atoms. The molecule has 0 bridgehead atoms. The first-order valence-electron chi connectivity index (χ1n) is 5.24. The van der Waals surface area contributed by atoms with Crippen molar-refractivity contribution in [2.24, 2.45) is 11.5 Å². The van der Waals surface area contributed by atoms with Crippen LogP contribution in [-0.4, -0.2) is 5.91 Å². The highest BCUT2D eigenvalue weighted by molar-refractivity contribution is 9.10. The van der Waals surface area contributed by atoms with Gasteiger partial charge in [0.25, 0.3) is 0 Å². The van der Waals surface area contributed by atoms with E-state index >= 15 is 0 Å². The van der Waals surface area contributed by atoms with Crippen LogP contribution in [-0.2, 0) is 4.79 Å². The van der Waals surface area contributed by atoms with Crippen LogP contribution in [0.3, 0.4) is 0 Å². The van der Waals surface area contributed by atoms with Crippen molar-refractivity contribution in [3.8, 4) is 0 Å². The summed E-state index contributed by atoms with van der Waals surface area (Å²) in [6.07, 6.45) is 1.19. The molecule has 1 unspecified atom stereocenters. The van der Waals surface area contributed by atoms with Crippen LogP contribution in [0.5, 0.6) is 0 Å². The van der Waals surface area contributed by atoms with Crippen molar-refractivity contribution in [3.63, 3.8) is 0 Å². The zero-order valence-electron chi connectivity index (χ0n) is 9.35. The molecule has 1 atom stereocenters. The summed E-state index contributed by atoms with van der Waals surface area (Å²) < 4.78 is 6.09. The van der Waals surface area contributed by atoms with Crippen molar-refractivity contribution in [2.75, 3.05) is 0 Å². The van der Waals surface area contributed by atoms with E-state index in [0.717, 1.165) is 4.47 Å².